The fourth-order valence-electron chi connectivity index (χ4n) is 3.26. The van der Waals surface area contributed by atoms with Crippen molar-refractivity contribution in [3.8, 4) is 17.0 Å². The van der Waals surface area contributed by atoms with Crippen molar-refractivity contribution in [2.24, 2.45) is 4.99 Å². The molecule has 0 unspecified atom stereocenters. The van der Waals surface area contributed by atoms with E-state index in [1.54, 1.807) is 29.2 Å². The van der Waals surface area contributed by atoms with E-state index in [9.17, 15) is 9.90 Å². The maximum atomic E-state index is 13.3. The van der Waals surface area contributed by atoms with Crippen LogP contribution in [0.1, 0.15) is 5.56 Å². The molecule has 156 valence electrons. The molecule has 2 heterocycles. The van der Waals surface area contributed by atoms with Crippen LogP contribution in [0.5, 0.6) is 5.75 Å². The number of amidine groups is 1. The molecule has 4 aromatic rings. The second-order valence-electron chi connectivity index (χ2n) is 6.96. The average Bonchev–Trinajstić information content (AvgIpc) is 3.40. The van der Waals surface area contributed by atoms with Gasteiger partial charge in [0.05, 0.1) is 16.3 Å². The molecular formula is C25H17N3O2S2. The number of thiazole rings is 1. The molecule has 7 heteroatoms. The Balaban J connectivity index is 1.53. The third-order valence-electron chi connectivity index (χ3n) is 4.74. The summed E-state index contributed by atoms with van der Waals surface area (Å²) in [7, 11) is 0. The van der Waals surface area contributed by atoms with Gasteiger partial charge in [0.15, 0.2) is 5.17 Å². The minimum absolute atomic E-state index is 0.153. The van der Waals surface area contributed by atoms with Gasteiger partial charge in [0.1, 0.15) is 5.75 Å². The molecule has 32 heavy (non-hydrogen) atoms. The van der Waals surface area contributed by atoms with Gasteiger partial charge in [-0.2, -0.15) is 4.99 Å². The predicted octanol–water partition coefficient (Wildman–Crippen LogP) is 6.32. The summed E-state index contributed by atoms with van der Waals surface area (Å²) in [5, 5.41) is 12.9. The average molecular weight is 456 g/mol. The SMILES string of the molecule is O=C1/C(=C/c2cccc(O)c2)S/C(=N/c2nc(-c3ccccc3)cs2)N1c1ccccc1. The summed E-state index contributed by atoms with van der Waals surface area (Å²) in [6.45, 7) is 0. The number of anilines is 1. The van der Waals surface area contributed by atoms with Gasteiger partial charge in [-0.1, -0.05) is 60.7 Å². The van der Waals surface area contributed by atoms with Gasteiger partial charge >= 0.3 is 0 Å². The number of hydrogen-bond acceptors (Lipinski definition) is 6. The number of aromatic hydroxyl groups is 1. The van der Waals surface area contributed by atoms with Crippen LogP contribution in [0, 0.1) is 0 Å². The van der Waals surface area contributed by atoms with Crippen molar-refractivity contribution >= 4 is 51.1 Å². The second-order valence-corrected chi connectivity index (χ2v) is 8.80. The van der Waals surface area contributed by atoms with Crippen LogP contribution in [0.25, 0.3) is 17.3 Å². The van der Waals surface area contributed by atoms with Gasteiger partial charge in [-0.25, -0.2) is 4.98 Å². The number of phenolic OH excluding ortho intramolecular Hbond substituents is 1. The van der Waals surface area contributed by atoms with Crippen LogP contribution in [0.2, 0.25) is 0 Å². The van der Waals surface area contributed by atoms with E-state index in [0.717, 1.165) is 22.5 Å². The zero-order chi connectivity index (χ0) is 21.9. The van der Waals surface area contributed by atoms with Crippen molar-refractivity contribution in [2.75, 3.05) is 4.90 Å². The van der Waals surface area contributed by atoms with E-state index in [4.69, 9.17) is 4.99 Å². The molecule has 1 N–H and O–H groups in total. The number of thioether (sulfide) groups is 1. The van der Waals surface area contributed by atoms with Crippen molar-refractivity contribution in [2.45, 2.75) is 0 Å². The smallest absolute Gasteiger partial charge is 0.271 e. The molecule has 1 aliphatic rings. The molecular weight excluding hydrogens is 438 g/mol. The largest absolute Gasteiger partial charge is 0.508 e. The Morgan fingerprint density at radius 3 is 2.44 bits per heavy atom. The summed E-state index contributed by atoms with van der Waals surface area (Å²) in [6.07, 6.45) is 1.77. The summed E-state index contributed by atoms with van der Waals surface area (Å²) in [5.74, 6) is -0.0111. The van der Waals surface area contributed by atoms with Crippen LogP contribution in [-0.2, 0) is 4.79 Å². The zero-order valence-corrected chi connectivity index (χ0v) is 18.4. The Morgan fingerprint density at radius 2 is 1.69 bits per heavy atom. The van der Waals surface area contributed by atoms with E-state index in [2.05, 4.69) is 4.98 Å². The van der Waals surface area contributed by atoms with Gasteiger partial charge in [0, 0.05) is 10.9 Å². The number of rotatable bonds is 4. The standard InChI is InChI=1S/C25H17N3O2S2/c29-20-13-7-8-17(14-20)15-22-23(30)28(19-11-5-2-6-12-19)25(32-22)27-24-26-21(16-31-24)18-9-3-1-4-10-18/h1-16,29H/b22-15-,27-25+. The monoisotopic (exact) mass is 455 g/mol. The lowest BCUT2D eigenvalue weighted by atomic mass is 10.2. The lowest BCUT2D eigenvalue weighted by molar-refractivity contribution is -0.113. The topological polar surface area (TPSA) is 65.8 Å². The highest BCUT2D eigenvalue weighted by Gasteiger charge is 2.35. The number of phenols is 1. The van der Waals surface area contributed by atoms with Crippen molar-refractivity contribution in [3.63, 3.8) is 0 Å². The molecule has 1 amide bonds. The molecule has 0 saturated carbocycles. The van der Waals surface area contributed by atoms with Crippen molar-refractivity contribution in [1.82, 2.24) is 4.98 Å². The van der Waals surface area contributed by atoms with E-state index in [0.29, 0.717) is 15.2 Å². The number of para-hydroxylation sites is 1. The second kappa shape index (κ2) is 8.82. The van der Waals surface area contributed by atoms with E-state index < -0.39 is 0 Å². The van der Waals surface area contributed by atoms with E-state index in [-0.39, 0.29) is 11.7 Å². The van der Waals surface area contributed by atoms with E-state index >= 15 is 0 Å². The summed E-state index contributed by atoms with van der Waals surface area (Å²) in [5.41, 5.74) is 3.36. The van der Waals surface area contributed by atoms with Crippen LogP contribution in [-0.4, -0.2) is 21.2 Å². The van der Waals surface area contributed by atoms with Crippen molar-refractivity contribution in [3.05, 3.63) is 101 Å². The third kappa shape index (κ3) is 4.21. The van der Waals surface area contributed by atoms with Gasteiger partial charge in [0.2, 0.25) is 5.13 Å². The lowest BCUT2D eigenvalue weighted by Gasteiger charge is -2.14. The number of carbonyl (C=O) groups is 1. The highest BCUT2D eigenvalue weighted by atomic mass is 32.2. The number of carbonyl (C=O) groups excluding carboxylic acids is 1. The van der Waals surface area contributed by atoms with E-state index in [1.165, 1.54) is 23.1 Å². The number of benzene rings is 3. The highest BCUT2D eigenvalue weighted by molar-refractivity contribution is 8.19. The number of amides is 1. The lowest BCUT2D eigenvalue weighted by Crippen LogP contribution is -2.28. The molecule has 5 rings (SSSR count). The summed E-state index contributed by atoms with van der Waals surface area (Å²) >= 11 is 2.73. The van der Waals surface area contributed by atoms with Crippen LogP contribution >= 0.6 is 23.1 Å². The molecule has 1 saturated heterocycles. The van der Waals surface area contributed by atoms with Crippen LogP contribution in [0.15, 0.2) is 100 Å². The molecule has 1 fully saturated rings. The van der Waals surface area contributed by atoms with Crippen molar-refractivity contribution < 1.29 is 9.90 Å². The third-order valence-corrected chi connectivity index (χ3v) is 6.44. The predicted molar refractivity (Wildman–Crippen MR) is 132 cm³/mol. The van der Waals surface area contributed by atoms with Crippen molar-refractivity contribution in [1.29, 1.82) is 0 Å². The Labute approximate surface area is 193 Å². The van der Waals surface area contributed by atoms with Gasteiger partial charge in [0.25, 0.3) is 5.91 Å². The minimum atomic E-state index is -0.164. The number of aliphatic imine (C=N–C) groups is 1. The molecule has 3 aromatic carbocycles. The van der Waals surface area contributed by atoms with Gasteiger partial charge < -0.3 is 5.11 Å². The van der Waals surface area contributed by atoms with E-state index in [1.807, 2.05) is 72.1 Å². The first-order valence-corrected chi connectivity index (χ1v) is 11.5. The number of hydrogen-bond donors (Lipinski definition) is 1. The van der Waals surface area contributed by atoms with Crippen LogP contribution in [0.3, 0.4) is 0 Å². The van der Waals surface area contributed by atoms with Gasteiger partial charge in [-0.15, -0.1) is 11.3 Å². The maximum Gasteiger partial charge on any atom is 0.271 e. The molecule has 0 aliphatic carbocycles. The summed E-state index contributed by atoms with van der Waals surface area (Å²) in [6, 6.07) is 26.2. The summed E-state index contributed by atoms with van der Waals surface area (Å²) < 4.78 is 0. The quantitative estimate of drug-likeness (QED) is 0.366. The van der Waals surface area contributed by atoms with Crippen LogP contribution < -0.4 is 4.90 Å². The molecule has 0 bridgehead atoms. The maximum absolute atomic E-state index is 13.3. The first kappa shape index (κ1) is 20.2. The first-order valence-electron chi connectivity index (χ1n) is 9.85. The highest BCUT2D eigenvalue weighted by Crippen LogP contribution is 2.38. The van der Waals surface area contributed by atoms with Gasteiger partial charge in [-0.05, 0) is 47.7 Å². The fraction of sp³-hybridized carbons (Fsp3) is 0. The Morgan fingerprint density at radius 1 is 0.938 bits per heavy atom. The number of nitrogens with zero attached hydrogens (tertiary/aromatic N) is 3. The first-order chi connectivity index (χ1) is 15.7. The molecule has 1 aromatic heterocycles. The molecule has 5 nitrogen and oxygen atoms in total. The molecule has 0 spiro atoms. The Kier molecular flexibility index (Phi) is 5.58. The zero-order valence-electron chi connectivity index (χ0n) is 16.8. The normalized spacial score (nSPS) is 16.2. The van der Waals surface area contributed by atoms with Gasteiger partial charge in [-0.3, -0.25) is 9.69 Å². The Hall–Kier alpha value is -3.68. The molecule has 1 aliphatic heterocycles. The van der Waals surface area contributed by atoms with Crippen LogP contribution in [0.4, 0.5) is 10.8 Å². The fourth-order valence-corrected chi connectivity index (χ4v) is 4.99. The molecule has 0 radical (unpaired) electrons. The summed E-state index contributed by atoms with van der Waals surface area (Å²) in [4.78, 5) is 24.8. The number of aromatic nitrogens is 1. The Bertz CT molecular complexity index is 1330. The minimum Gasteiger partial charge on any atom is -0.508 e. The molecule has 0 atom stereocenters.